The summed E-state index contributed by atoms with van der Waals surface area (Å²) in [5.74, 6) is -0.455. The van der Waals surface area contributed by atoms with Crippen molar-refractivity contribution < 1.29 is 14.3 Å². The van der Waals surface area contributed by atoms with E-state index in [1.165, 1.54) is 0 Å². The Bertz CT molecular complexity index is 257. The van der Waals surface area contributed by atoms with Crippen molar-refractivity contribution in [1.29, 1.82) is 0 Å². The van der Waals surface area contributed by atoms with Crippen LogP contribution in [0.2, 0.25) is 0 Å². The molecule has 0 aliphatic carbocycles. The van der Waals surface area contributed by atoms with Gasteiger partial charge in [-0.15, -0.1) is 11.6 Å². The van der Waals surface area contributed by atoms with Gasteiger partial charge in [0.25, 0.3) is 0 Å². The van der Waals surface area contributed by atoms with E-state index in [-0.39, 0.29) is 30.0 Å². The lowest BCUT2D eigenvalue weighted by Crippen LogP contribution is -2.45. The van der Waals surface area contributed by atoms with E-state index in [9.17, 15) is 9.59 Å². The van der Waals surface area contributed by atoms with Crippen LogP contribution in [0.3, 0.4) is 0 Å². The molecule has 0 aromatic heterocycles. The fraction of sp³-hybridized carbons (Fsp3) is 0.800. The van der Waals surface area contributed by atoms with Gasteiger partial charge in [0.05, 0.1) is 0 Å². The van der Waals surface area contributed by atoms with E-state index in [0.717, 1.165) is 32.1 Å². The van der Waals surface area contributed by atoms with E-state index >= 15 is 0 Å². The molecule has 0 saturated carbocycles. The van der Waals surface area contributed by atoms with Crippen LogP contribution in [0, 0.1) is 0 Å². The fourth-order valence-electron chi connectivity index (χ4n) is 2.65. The Hall–Kier alpha value is -0.770. The summed E-state index contributed by atoms with van der Waals surface area (Å²) in [6.45, 7) is 0. The highest BCUT2D eigenvalue weighted by molar-refractivity contribution is 6.26. The summed E-state index contributed by atoms with van der Waals surface area (Å²) in [5.41, 5.74) is 0. The second-order valence-electron chi connectivity index (χ2n) is 4.15. The smallest absolute Gasteiger partial charge is 0.321 e. The van der Waals surface area contributed by atoms with Crippen molar-refractivity contribution in [3.05, 3.63) is 0 Å². The third kappa shape index (κ3) is 2.09. The quantitative estimate of drug-likeness (QED) is 0.412. The molecule has 5 heteroatoms. The van der Waals surface area contributed by atoms with E-state index in [4.69, 9.17) is 16.3 Å². The minimum Gasteiger partial charge on any atom is -0.461 e. The molecule has 0 unspecified atom stereocenters. The third-order valence-corrected chi connectivity index (χ3v) is 3.49. The number of alkyl halides is 1. The highest BCUT2D eigenvalue weighted by Gasteiger charge is 2.41. The van der Waals surface area contributed by atoms with Gasteiger partial charge in [0.2, 0.25) is 6.41 Å². The summed E-state index contributed by atoms with van der Waals surface area (Å²) < 4.78 is 5.20. The van der Waals surface area contributed by atoms with Gasteiger partial charge in [0.1, 0.15) is 12.0 Å². The van der Waals surface area contributed by atoms with Crippen LogP contribution in [0.25, 0.3) is 0 Å². The number of halogens is 1. The first-order chi connectivity index (χ1) is 7.24. The van der Waals surface area contributed by atoms with Gasteiger partial charge in [0, 0.05) is 24.9 Å². The molecule has 0 radical (unpaired) electrons. The monoisotopic (exact) mass is 231 g/mol. The molecule has 1 amide bonds. The predicted molar refractivity (Wildman–Crippen MR) is 54.5 cm³/mol. The average molecular weight is 232 g/mol. The second-order valence-corrected chi connectivity index (χ2v) is 4.42. The van der Waals surface area contributed by atoms with E-state index in [1.54, 1.807) is 0 Å². The van der Waals surface area contributed by atoms with Crippen LogP contribution in [-0.2, 0) is 14.3 Å². The van der Waals surface area contributed by atoms with E-state index < -0.39 is 0 Å². The van der Waals surface area contributed by atoms with Gasteiger partial charge in [-0.25, -0.2) is 0 Å². The average Bonchev–Trinajstić information content (AvgIpc) is 2.49. The van der Waals surface area contributed by atoms with E-state index in [2.05, 4.69) is 0 Å². The maximum absolute atomic E-state index is 11.0. The Balaban J connectivity index is 1.93. The molecule has 3 atom stereocenters. The molecule has 84 valence electrons. The molecular formula is C10H14ClNO3. The van der Waals surface area contributed by atoms with Crippen LogP contribution in [0.5, 0.6) is 0 Å². The summed E-state index contributed by atoms with van der Waals surface area (Å²) >= 11 is 5.37. The number of carbonyl (C=O) groups excluding carboxylic acids is 2. The van der Waals surface area contributed by atoms with Crippen molar-refractivity contribution in [3.63, 3.8) is 0 Å². The van der Waals surface area contributed by atoms with Gasteiger partial charge in [-0.2, -0.15) is 0 Å². The lowest BCUT2D eigenvalue weighted by Gasteiger charge is -2.35. The molecule has 2 heterocycles. The number of carbonyl (C=O) groups is 2. The molecular weight excluding hydrogens is 218 g/mol. The minimum atomic E-state index is -0.361. The molecule has 2 aliphatic rings. The normalized spacial score (nSPS) is 33.9. The number of fused-ring (bicyclic) bond motifs is 2. The number of piperidine rings is 1. The summed E-state index contributed by atoms with van der Waals surface area (Å²) in [6, 6.07) is 0.517. The number of rotatable bonds is 3. The Labute approximate surface area is 93.5 Å². The first-order valence-corrected chi connectivity index (χ1v) is 5.76. The number of ether oxygens (including phenoxy) is 1. The number of amides is 1. The van der Waals surface area contributed by atoms with E-state index in [1.807, 2.05) is 4.90 Å². The number of esters is 1. The fourth-order valence-corrected chi connectivity index (χ4v) is 2.71. The van der Waals surface area contributed by atoms with Crippen LogP contribution in [-0.4, -0.2) is 41.3 Å². The van der Waals surface area contributed by atoms with Crippen LogP contribution in [0.15, 0.2) is 0 Å². The first kappa shape index (κ1) is 10.7. The molecule has 0 aromatic carbocycles. The van der Waals surface area contributed by atoms with Gasteiger partial charge in [-0.3, -0.25) is 9.59 Å². The lowest BCUT2D eigenvalue weighted by molar-refractivity contribution is -0.150. The Morgan fingerprint density at radius 2 is 2.00 bits per heavy atom. The molecule has 2 aliphatic heterocycles. The molecule has 2 saturated heterocycles. The van der Waals surface area contributed by atoms with Gasteiger partial charge in [0.15, 0.2) is 0 Å². The topological polar surface area (TPSA) is 46.6 Å². The van der Waals surface area contributed by atoms with Crippen LogP contribution in [0.1, 0.15) is 25.7 Å². The summed E-state index contributed by atoms with van der Waals surface area (Å²) in [6.07, 6.45) is 4.44. The molecule has 15 heavy (non-hydrogen) atoms. The number of hydrogen-bond donors (Lipinski definition) is 0. The molecule has 0 spiro atoms. The predicted octanol–water partition coefficient (Wildman–Crippen LogP) is 0.920. The third-order valence-electron chi connectivity index (χ3n) is 3.28. The molecule has 0 aromatic rings. The highest BCUT2D eigenvalue weighted by Crippen LogP contribution is 2.35. The van der Waals surface area contributed by atoms with Crippen LogP contribution < -0.4 is 0 Å². The van der Waals surface area contributed by atoms with Crippen molar-refractivity contribution in [2.24, 2.45) is 0 Å². The SMILES string of the molecule is O=CN1[C@@H]2CC[C@H]1C[C@@H](OC(=O)CCl)C2. The van der Waals surface area contributed by atoms with E-state index in [0.29, 0.717) is 0 Å². The van der Waals surface area contributed by atoms with Crippen LogP contribution >= 0.6 is 11.6 Å². The second kappa shape index (κ2) is 4.39. The van der Waals surface area contributed by atoms with Crippen molar-refractivity contribution in [2.45, 2.75) is 43.9 Å². The maximum atomic E-state index is 11.0. The zero-order valence-corrected chi connectivity index (χ0v) is 9.15. The maximum Gasteiger partial charge on any atom is 0.321 e. The van der Waals surface area contributed by atoms with Gasteiger partial charge < -0.3 is 9.64 Å². The van der Waals surface area contributed by atoms with Crippen LogP contribution in [0.4, 0.5) is 0 Å². The van der Waals surface area contributed by atoms with Crippen molar-refractivity contribution >= 4 is 24.0 Å². The van der Waals surface area contributed by atoms with Gasteiger partial charge >= 0.3 is 5.97 Å². The molecule has 0 N–H and O–H groups in total. The standard InChI is InChI=1S/C10H14ClNO3/c11-5-10(14)15-9-3-7-1-2-8(4-9)12(7)6-13/h6-9H,1-5H2/t7-,8+,9+. The number of nitrogens with zero attached hydrogens (tertiary/aromatic N) is 1. The Morgan fingerprint density at radius 3 is 2.47 bits per heavy atom. The molecule has 2 bridgehead atoms. The molecule has 2 rings (SSSR count). The molecule has 2 fully saturated rings. The van der Waals surface area contributed by atoms with Crippen molar-refractivity contribution in [3.8, 4) is 0 Å². The number of hydrogen-bond acceptors (Lipinski definition) is 3. The first-order valence-electron chi connectivity index (χ1n) is 5.22. The summed E-state index contributed by atoms with van der Waals surface area (Å²) in [7, 11) is 0. The summed E-state index contributed by atoms with van der Waals surface area (Å²) in [5, 5.41) is 0. The molecule has 4 nitrogen and oxygen atoms in total. The largest absolute Gasteiger partial charge is 0.461 e. The van der Waals surface area contributed by atoms with Crippen molar-refractivity contribution in [2.75, 3.05) is 5.88 Å². The Kier molecular flexibility index (Phi) is 3.14. The summed E-state index contributed by atoms with van der Waals surface area (Å²) in [4.78, 5) is 23.7. The minimum absolute atomic E-state index is 0.0510. The zero-order valence-electron chi connectivity index (χ0n) is 8.39. The van der Waals surface area contributed by atoms with Gasteiger partial charge in [-0.05, 0) is 12.8 Å². The van der Waals surface area contributed by atoms with Crippen molar-refractivity contribution in [1.82, 2.24) is 4.90 Å². The van der Waals surface area contributed by atoms with Gasteiger partial charge in [-0.1, -0.05) is 0 Å². The lowest BCUT2D eigenvalue weighted by atomic mass is 10.0. The Morgan fingerprint density at radius 1 is 1.40 bits per heavy atom. The highest BCUT2D eigenvalue weighted by atomic mass is 35.5. The zero-order chi connectivity index (χ0) is 10.8.